The van der Waals surface area contributed by atoms with Crippen LogP contribution in [-0.2, 0) is 10.0 Å². The second-order valence-electron chi connectivity index (χ2n) is 4.40. The Kier molecular flexibility index (Phi) is 4.21. The van der Waals surface area contributed by atoms with Crippen molar-refractivity contribution in [3.8, 4) is 5.75 Å². The van der Waals surface area contributed by atoms with Gasteiger partial charge in [0.05, 0.1) is 4.90 Å². The molecule has 100 valence electrons. The molecular weight excluding hydrogens is 252 g/mol. The van der Waals surface area contributed by atoms with E-state index in [2.05, 4.69) is 4.72 Å². The molecule has 0 atom stereocenters. The monoisotopic (exact) mass is 270 g/mol. The van der Waals surface area contributed by atoms with Crippen molar-refractivity contribution in [1.82, 2.24) is 4.72 Å². The van der Waals surface area contributed by atoms with E-state index >= 15 is 0 Å². The first-order valence-electron chi connectivity index (χ1n) is 6.04. The molecule has 3 N–H and O–H groups in total. The summed E-state index contributed by atoms with van der Waals surface area (Å²) in [6.45, 7) is 1.39. The highest BCUT2D eigenvalue weighted by molar-refractivity contribution is 7.89. The normalized spacial score (nSPS) is 15.6. The first kappa shape index (κ1) is 13.3. The molecule has 0 bridgehead atoms. The zero-order chi connectivity index (χ0) is 13.0. The van der Waals surface area contributed by atoms with Crippen LogP contribution in [0.5, 0.6) is 5.75 Å². The SMILES string of the molecule is NCCOc1ccc(S(=O)(=O)NCC2CC2)cc1. The van der Waals surface area contributed by atoms with Gasteiger partial charge in [0.1, 0.15) is 12.4 Å². The number of ether oxygens (including phenoxy) is 1. The van der Waals surface area contributed by atoms with Crippen LogP contribution in [0, 0.1) is 5.92 Å². The van der Waals surface area contributed by atoms with Crippen molar-refractivity contribution < 1.29 is 13.2 Å². The maximum absolute atomic E-state index is 11.9. The molecule has 6 heteroatoms. The average Bonchev–Trinajstić information content (AvgIpc) is 3.19. The van der Waals surface area contributed by atoms with Gasteiger partial charge in [-0.15, -0.1) is 0 Å². The fourth-order valence-corrected chi connectivity index (χ4v) is 2.64. The van der Waals surface area contributed by atoms with Gasteiger partial charge in [-0.2, -0.15) is 0 Å². The van der Waals surface area contributed by atoms with E-state index in [0.29, 0.717) is 31.4 Å². The molecule has 1 aliphatic rings. The van der Waals surface area contributed by atoms with Gasteiger partial charge in [0.25, 0.3) is 0 Å². The summed E-state index contributed by atoms with van der Waals surface area (Å²) in [5.74, 6) is 1.15. The standard InChI is InChI=1S/C12H18N2O3S/c13-7-8-17-11-3-5-12(6-4-11)18(15,16)14-9-10-1-2-10/h3-6,10,14H,1-2,7-9,13H2. The summed E-state index contributed by atoms with van der Waals surface area (Å²) < 4.78 is 31.7. The van der Waals surface area contributed by atoms with Crippen LogP contribution in [0.4, 0.5) is 0 Å². The van der Waals surface area contributed by atoms with Gasteiger partial charge >= 0.3 is 0 Å². The van der Waals surface area contributed by atoms with Crippen LogP contribution in [0.25, 0.3) is 0 Å². The van der Waals surface area contributed by atoms with Gasteiger partial charge in [0.2, 0.25) is 10.0 Å². The number of sulfonamides is 1. The molecule has 1 saturated carbocycles. The number of hydrogen-bond acceptors (Lipinski definition) is 4. The fraction of sp³-hybridized carbons (Fsp3) is 0.500. The summed E-state index contributed by atoms with van der Waals surface area (Å²) in [5, 5.41) is 0. The molecule has 0 saturated heterocycles. The summed E-state index contributed by atoms with van der Waals surface area (Å²) in [4.78, 5) is 0.267. The Hall–Kier alpha value is -1.11. The fourth-order valence-electron chi connectivity index (χ4n) is 1.52. The quantitative estimate of drug-likeness (QED) is 0.764. The minimum absolute atomic E-state index is 0.267. The third-order valence-corrected chi connectivity index (χ3v) is 4.22. The van der Waals surface area contributed by atoms with Gasteiger partial charge in [0, 0.05) is 13.1 Å². The Morgan fingerprint density at radius 3 is 2.50 bits per heavy atom. The topological polar surface area (TPSA) is 81.4 Å². The Balaban J connectivity index is 1.98. The number of benzene rings is 1. The lowest BCUT2D eigenvalue weighted by atomic mass is 10.3. The highest BCUT2D eigenvalue weighted by atomic mass is 32.2. The van der Waals surface area contributed by atoms with Crippen LogP contribution in [0.15, 0.2) is 29.2 Å². The molecule has 0 amide bonds. The lowest BCUT2D eigenvalue weighted by Crippen LogP contribution is -2.25. The third-order valence-electron chi connectivity index (χ3n) is 2.78. The summed E-state index contributed by atoms with van der Waals surface area (Å²) >= 11 is 0. The molecule has 0 aliphatic heterocycles. The van der Waals surface area contributed by atoms with Crippen molar-refractivity contribution >= 4 is 10.0 Å². The highest BCUT2D eigenvalue weighted by Gasteiger charge is 2.24. The second kappa shape index (κ2) is 5.69. The van der Waals surface area contributed by atoms with E-state index in [1.54, 1.807) is 24.3 Å². The maximum atomic E-state index is 11.9. The third kappa shape index (κ3) is 3.69. The molecular formula is C12H18N2O3S. The largest absolute Gasteiger partial charge is 0.492 e. The molecule has 0 spiro atoms. The number of rotatable bonds is 7. The van der Waals surface area contributed by atoms with E-state index < -0.39 is 10.0 Å². The second-order valence-corrected chi connectivity index (χ2v) is 6.17. The number of nitrogens with one attached hydrogen (secondary N) is 1. The van der Waals surface area contributed by atoms with Crippen LogP contribution in [0.1, 0.15) is 12.8 Å². The summed E-state index contributed by atoms with van der Waals surface area (Å²) in [7, 11) is -3.38. The number of hydrogen-bond donors (Lipinski definition) is 2. The highest BCUT2D eigenvalue weighted by Crippen LogP contribution is 2.28. The summed E-state index contributed by atoms with van der Waals surface area (Å²) in [6.07, 6.45) is 2.24. The van der Waals surface area contributed by atoms with Crippen LogP contribution >= 0.6 is 0 Å². The molecule has 1 aromatic carbocycles. The van der Waals surface area contributed by atoms with Crippen LogP contribution in [0.3, 0.4) is 0 Å². The van der Waals surface area contributed by atoms with Crippen molar-refractivity contribution in [2.75, 3.05) is 19.7 Å². The average molecular weight is 270 g/mol. The van der Waals surface area contributed by atoms with Gasteiger partial charge in [-0.25, -0.2) is 13.1 Å². The predicted molar refractivity (Wildman–Crippen MR) is 68.9 cm³/mol. The molecule has 0 unspecified atom stereocenters. The zero-order valence-corrected chi connectivity index (χ0v) is 10.9. The lowest BCUT2D eigenvalue weighted by Gasteiger charge is -2.08. The minimum Gasteiger partial charge on any atom is -0.492 e. The lowest BCUT2D eigenvalue weighted by molar-refractivity contribution is 0.328. The molecule has 2 rings (SSSR count). The first-order valence-corrected chi connectivity index (χ1v) is 7.53. The van der Waals surface area contributed by atoms with Crippen molar-refractivity contribution in [3.05, 3.63) is 24.3 Å². The zero-order valence-electron chi connectivity index (χ0n) is 10.1. The minimum atomic E-state index is -3.38. The van der Waals surface area contributed by atoms with Crippen molar-refractivity contribution in [2.45, 2.75) is 17.7 Å². The number of nitrogens with two attached hydrogens (primary N) is 1. The molecule has 1 aromatic rings. The molecule has 0 aromatic heterocycles. The van der Waals surface area contributed by atoms with E-state index in [4.69, 9.17) is 10.5 Å². The van der Waals surface area contributed by atoms with Crippen molar-refractivity contribution in [1.29, 1.82) is 0 Å². The van der Waals surface area contributed by atoms with Crippen LogP contribution < -0.4 is 15.2 Å². The van der Waals surface area contributed by atoms with Gasteiger partial charge in [0.15, 0.2) is 0 Å². The Morgan fingerprint density at radius 2 is 1.94 bits per heavy atom. The van der Waals surface area contributed by atoms with Gasteiger partial charge < -0.3 is 10.5 Å². The van der Waals surface area contributed by atoms with Crippen molar-refractivity contribution in [2.24, 2.45) is 11.7 Å². The molecule has 0 radical (unpaired) electrons. The molecule has 1 fully saturated rings. The van der Waals surface area contributed by atoms with Crippen LogP contribution in [0.2, 0.25) is 0 Å². The van der Waals surface area contributed by atoms with Gasteiger partial charge in [-0.05, 0) is 43.0 Å². The smallest absolute Gasteiger partial charge is 0.240 e. The van der Waals surface area contributed by atoms with E-state index in [9.17, 15) is 8.42 Å². The Morgan fingerprint density at radius 1 is 1.28 bits per heavy atom. The van der Waals surface area contributed by atoms with Crippen molar-refractivity contribution in [3.63, 3.8) is 0 Å². The van der Waals surface area contributed by atoms with E-state index in [-0.39, 0.29) is 4.90 Å². The molecule has 5 nitrogen and oxygen atoms in total. The molecule has 18 heavy (non-hydrogen) atoms. The molecule has 0 heterocycles. The first-order chi connectivity index (χ1) is 8.62. The predicted octanol–water partition coefficient (Wildman–Crippen LogP) is 0.712. The summed E-state index contributed by atoms with van der Waals surface area (Å²) in [5.41, 5.74) is 5.32. The summed E-state index contributed by atoms with van der Waals surface area (Å²) in [6, 6.07) is 6.37. The Labute approximate surface area is 107 Å². The van der Waals surface area contributed by atoms with E-state index in [1.807, 2.05) is 0 Å². The van der Waals surface area contributed by atoms with Crippen LogP contribution in [-0.4, -0.2) is 28.1 Å². The van der Waals surface area contributed by atoms with E-state index in [0.717, 1.165) is 12.8 Å². The Bertz CT molecular complexity index is 481. The van der Waals surface area contributed by atoms with E-state index in [1.165, 1.54) is 0 Å². The van der Waals surface area contributed by atoms with Gasteiger partial charge in [-0.3, -0.25) is 0 Å². The maximum Gasteiger partial charge on any atom is 0.240 e. The molecule has 1 aliphatic carbocycles. The van der Waals surface area contributed by atoms with Gasteiger partial charge in [-0.1, -0.05) is 0 Å².